The van der Waals surface area contributed by atoms with Gasteiger partial charge in [-0.15, -0.1) is 0 Å². The van der Waals surface area contributed by atoms with Crippen LogP contribution in [0.3, 0.4) is 0 Å². The highest BCUT2D eigenvalue weighted by Crippen LogP contribution is 2.12. The topological polar surface area (TPSA) is 73.1 Å². The van der Waals surface area contributed by atoms with E-state index in [1.54, 1.807) is 30.3 Å². The van der Waals surface area contributed by atoms with Gasteiger partial charge in [-0.25, -0.2) is 4.39 Å². The van der Waals surface area contributed by atoms with Gasteiger partial charge in [0.25, 0.3) is 0 Å². The van der Waals surface area contributed by atoms with E-state index in [-0.39, 0.29) is 18.3 Å². The summed E-state index contributed by atoms with van der Waals surface area (Å²) in [5, 5.41) is 21.3. The van der Waals surface area contributed by atoms with Crippen LogP contribution in [-0.2, 0) is 4.79 Å². The third-order valence-electron chi connectivity index (χ3n) is 3.17. The van der Waals surface area contributed by atoms with E-state index in [1.165, 1.54) is 30.3 Å². The van der Waals surface area contributed by atoms with Gasteiger partial charge >= 0.3 is 0 Å². The van der Waals surface area contributed by atoms with Gasteiger partial charge in [0, 0.05) is 12.6 Å². The summed E-state index contributed by atoms with van der Waals surface area (Å²) in [6.45, 7) is 0.0209. The molecular weight excluding hydrogens is 295 g/mol. The van der Waals surface area contributed by atoms with E-state index in [9.17, 15) is 14.3 Å². The van der Waals surface area contributed by atoms with E-state index >= 15 is 0 Å². The van der Waals surface area contributed by atoms with E-state index in [4.69, 9.17) is 5.26 Å². The van der Waals surface area contributed by atoms with Crippen LogP contribution in [0.1, 0.15) is 22.8 Å². The maximum absolute atomic E-state index is 12.8. The molecular formula is C18H15FN2O2. The molecule has 5 heteroatoms. The van der Waals surface area contributed by atoms with Crippen molar-refractivity contribution >= 4 is 12.0 Å². The molecule has 1 unspecified atom stereocenters. The highest BCUT2D eigenvalue weighted by atomic mass is 19.1. The van der Waals surface area contributed by atoms with Crippen LogP contribution in [0.4, 0.5) is 4.39 Å². The Morgan fingerprint density at radius 3 is 2.74 bits per heavy atom. The highest BCUT2D eigenvalue weighted by molar-refractivity contribution is 5.91. The molecule has 0 aliphatic heterocycles. The van der Waals surface area contributed by atoms with Crippen LogP contribution < -0.4 is 5.32 Å². The van der Waals surface area contributed by atoms with Crippen molar-refractivity contribution in [2.45, 2.75) is 6.10 Å². The van der Waals surface area contributed by atoms with E-state index in [2.05, 4.69) is 5.32 Å². The maximum Gasteiger partial charge on any atom is 0.244 e. The summed E-state index contributed by atoms with van der Waals surface area (Å²) in [6.07, 6.45) is 2.00. The molecule has 0 heterocycles. The summed E-state index contributed by atoms with van der Waals surface area (Å²) < 4.78 is 12.8. The smallest absolute Gasteiger partial charge is 0.244 e. The number of nitriles is 1. The summed E-state index contributed by atoms with van der Waals surface area (Å²) in [5.74, 6) is -0.749. The van der Waals surface area contributed by atoms with Crippen molar-refractivity contribution in [3.63, 3.8) is 0 Å². The van der Waals surface area contributed by atoms with Crippen LogP contribution in [0.25, 0.3) is 6.08 Å². The summed E-state index contributed by atoms with van der Waals surface area (Å²) >= 11 is 0. The molecule has 0 saturated carbocycles. The minimum absolute atomic E-state index is 0.0209. The van der Waals surface area contributed by atoms with Crippen LogP contribution >= 0.6 is 0 Å². The van der Waals surface area contributed by atoms with E-state index in [1.807, 2.05) is 6.07 Å². The van der Waals surface area contributed by atoms with Gasteiger partial charge in [0.1, 0.15) is 5.82 Å². The first-order chi connectivity index (χ1) is 11.1. The second-order valence-corrected chi connectivity index (χ2v) is 4.88. The minimum Gasteiger partial charge on any atom is -0.387 e. The Bertz CT molecular complexity index is 748. The predicted octanol–water partition coefficient (Wildman–Crippen LogP) is 2.56. The molecule has 0 aliphatic carbocycles. The number of halogens is 1. The van der Waals surface area contributed by atoms with Crippen molar-refractivity contribution in [2.24, 2.45) is 0 Å². The number of hydrogen-bond donors (Lipinski definition) is 2. The molecule has 2 aromatic carbocycles. The highest BCUT2D eigenvalue weighted by Gasteiger charge is 2.08. The van der Waals surface area contributed by atoms with Crippen molar-refractivity contribution in [3.8, 4) is 6.07 Å². The molecule has 23 heavy (non-hydrogen) atoms. The predicted molar refractivity (Wildman–Crippen MR) is 84.6 cm³/mol. The number of aliphatic hydroxyl groups excluding tert-OH is 1. The molecule has 0 aromatic heterocycles. The van der Waals surface area contributed by atoms with Gasteiger partial charge in [-0.1, -0.05) is 24.3 Å². The Balaban J connectivity index is 1.88. The van der Waals surface area contributed by atoms with Gasteiger partial charge in [-0.2, -0.15) is 5.26 Å². The Labute approximate surface area is 133 Å². The largest absolute Gasteiger partial charge is 0.387 e. The first kappa shape index (κ1) is 16.4. The lowest BCUT2D eigenvalue weighted by molar-refractivity contribution is -0.116. The molecule has 0 radical (unpaired) electrons. The summed E-state index contributed by atoms with van der Waals surface area (Å²) in [7, 11) is 0. The van der Waals surface area contributed by atoms with Crippen molar-refractivity contribution in [1.29, 1.82) is 5.26 Å². The van der Waals surface area contributed by atoms with Crippen molar-refractivity contribution in [1.82, 2.24) is 5.32 Å². The first-order valence-electron chi connectivity index (χ1n) is 6.98. The van der Waals surface area contributed by atoms with Crippen LogP contribution in [0.2, 0.25) is 0 Å². The third kappa shape index (κ3) is 5.06. The SMILES string of the molecule is N#Cc1cccc(/C=C/C(=O)NCC(O)c2ccc(F)cc2)c1. The van der Waals surface area contributed by atoms with Crippen molar-refractivity contribution < 1.29 is 14.3 Å². The van der Waals surface area contributed by atoms with Gasteiger partial charge in [-0.05, 0) is 41.5 Å². The van der Waals surface area contributed by atoms with Crippen LogP contribution in [0.5, 0.6) is 0 Å². The van der Waals surface area contributed by atoms with Crippen molar-refractivity contribution in [3.05, 3.63) is 77.1 Å². The van der Waals surface area contributed by atoms with E-state index < -0.39 is 6.10 Å². The molecule has 2 N–H and O–H groups in total. The van der Waals surface area contributed by atoms with Gasteiger partial charge in [0.15, 0.2) is 0 Å². The third-order valence-corrected chi connectivity index (χ3v) is 3.17. The van der Waals surface area contributed by atoms with Gasteiger partial charge < -0.3 is 10.4 Å². The zero-order valence-electron chi connectivity index (χ0n) is 12.2. The van der Waals surface area contributed by atoms with Gasteiger partial charge in [0.05, 0.1) is 17.7 Å². The second kappa shape index (κ2) is 7.87. The lowest BCUT2D eigenvalue weighted by Gasteiger charge is -2.11. The molecule has 0 saturated heterocycles. The molecule has 2 rings (SSSR count). The number of amides is 1. The summed E-state index contributed by atoms with van der Waals surface area (Å²) in [5.41, 5.74) is 1.77. The average Bonchev–Trinajstić information content (AvgIpc) is 2.58. The second-order valence-electron chi connectivity index (χ2n) is 4.88. The molecule has 2 aromatic rings. The lowest BCUT2D eigenvalue weighted by Crippen LogP contribution is -2.26. The zero-order valence-corrected chi connectivity index (χ0v) is 12.2. The quantitative estimate of drug-likeness (QED) is 0.834. The summed E-state index contributed by atoms with van der Waals surface area (Å²) in [4.78, 5) is 11.7. The zero-order chi connectivity index (χ0) is 16.7. The number of nitrogens with zero attached hydrogens (tertiary/aromatic N) is 1. The standard InChI is InChI=1S/C18H15FN2O2/c19-16-7-5-15(6-8-16)17(22)12-21-18(23)9-4-13-2-1-3-14(10-13)11-20/h1-10,17,22H,12H2,(H,21,23)/b9-4+. The number of nitrogens with one attached hydrogen (secondary N) is 1. The number of rotatable bonds is 5. The Hall–Kier alpha value is -2.97. The fourth-order valence-corrected chi connectivity index (χ4v) is 1.94. The molecule has 0 spiro atoms. The van der Waals surface area contributed by atoms with Crippen molar-refractivity contribution in [2.75, 3.05) is 6.54 Å². The molecule has 1 atom stereocenters. The monoisotopic (exact) mass is 310 g/mol. The first-order valence-corrected chi connectivity index (χ1v) is 6.98. The Morgan fingerprint density at radius 1 is 1.30 bits per heavy atom. The van der Waals surface area contributed by atoms with E-state index in [0.29, 0.717) is 11.1 Å². The Morgan fingerprint density at radius 2 is 2.04 bits per heavy atom. The average molecular weight is 310 g/mol. The molecule has 0 aliphatic rings. The van der Waals surface area contributed by atoms with Crippen LogP contribution in [0, 0.1) is 17.1 Å². The fourth-order valence-electron chi connectivity index (χ4n) is 1.94. The lowest BCUT2D eigenvalue weighted by atomic mass is 10.1. The number of benzene rings is 2. The minimum atomic E-state index is -0.908. The maximum atomic E-state index is 12.8. The molecule has 0 fully saturated rings. The van der Waals surface area contributed by atoms with E-state index in [0.717, 1.165) is 5.56 Å². The fraction of sp³-hybridized carbons (Fsp3) is 0.111. The summed E-state index contributed by atoms with van der Waals surface area (Å²) in [6, 6.07) is 14.3. The number of carbonyl (C=O) groups excluding carboxylic acids is 1. The molecule has 4 nitrogen and oxygen atoms in total. The Kier molecular flexibility index (Phi) is 5.61. The van der Waals surface area contributed by atoms with Gasteiger partial charge in [0.2, 0.25) is 5.91 Å². The number of hydrogen-bond acceptors (Lipinski definition) is 3. The number of carbonyl (C=O) groups is 1. The van der Waals surface area contributed by atoms with Crippen LogP contribution in [0.15, 0.2) is 54.6 Å². The number of aliphatic hydroxyl groups is 1. The van der Waals surface area contributed by atoms with Gasteiger partial charge in [-0.3, -0.25) is 4.79 Å². The normalized spacial score (nSPS) is 11.9. The van der Waals surface area contributed by atoms with Crippen LogP contribution in [-0.4, -0.2) is 17.6 Å². The molecule has 0 bridgehead atoms. The molecule has 116 valence electrons. The molecule has 1 amide bonds.